The van der Waals surface area contributed by atoms with Crippen molar-refractivity contribution >= 4 is 5.82 Å². The molecule has 1 aliphatic carbocycles. The molecule has 0 radical (unpaired) electrons. The highest BCUT2D eigenvalue weighted by Gasteiger charge is 2.31. The Labute approximate surface area is 190 Å². The third kappa shape index (κ3) is 3.28. The van der Waals surface area contributed by atoms with Crippen molar-refractivity contribution < 1.29 is 13.7 Å². The maximum Gasteiger partial charge on any atom is 0.166 e. The lowest BCUT2D eigenvalue weighted by Crippen LogP contribution is -2.11. The predicted octanol–water partition coefficient (Wildman–Crippen LogP) is 5.17. The van der Waals surface area contributed by atoms with Crippen molar-refractivity contribution in [2.75, 3.05) is 5.73 Å². The molecule has 0 amide bonds. The van der Waals surface area contributed by atoms with E-state index in [1.165, 1.54) is 18.6 Å². The van der Waals surface area contributed by atoms with Gasteiger partial charge in [-0.2, -0.15) is 5.10 Å². The van der Waals surface area contributed by atoms with Crippen LogP contribution < -0.4 is 10.5 Å². The summed E-state index contributed by atoms with van der Waals surface area (Å²) in [4.78, 5) is 4.40. The van der Waals surface area contributed by atoms with Crippen LogP contribution in [0.15, 0.2) is 41.2 Å². The lowest BCUT2D eigenvalue weighted by Gasteiger charge is -2.24. The number of hydrogen-bond donors (Lipinski definition) is 1. The molecule has 0 saturated heterocycles. The van der Waals surface area contributed by atoms with E-state index in [2.05, 4.69) is 10.1 Å². The van der Waals surface area contributed by atoms with Crippen LogP contribution in [0, 0.1) is 5.82 Å². The number of aryl methyl sites for hydroxylation is 1. The summed E-state index contributed by atoms with van der Waals surface area (Å²) in [6.45, 7) is 1.88. The Morgan fingerprint density at radius 3 is 2.85 bits per heavy atom. The molecule has 1 unspecified atom stereocenters. The molecule has 8 heteroatoms. The lowest BCUT2D eigenvalue weighted by molar-refractivity contribution is 0.227. The Morgan fingerprint density at radius 2 is 2.06 bits per heavy atom. The predicted molar refractivity (Wildman–Crippen MR) is 121 cm³/mol. The summed E-state index contributed by atoms with van der Waals surface area (Å²) < 4.78 is 28.2. The number of nitrogen functional groups attached to an aromatic ring is 1. The number of halogens is 1. The van der Waals surface area contributed by atoms with Gasteiger partial charge in [0.05, 0.1) is 17.0 Å². The van der Waals surface area contributed by atoms with Crippen molar-refractivity contribution in [3.63, 3.8) is 0 Å². The van der Waals surface area contributed by atoms with Gasteiger partial charge in [0.1, 0.15) is 17.7 Å². The topological polar surface area (TPSA) is 92.0 Å². The van der Waals surface area contributed by atoms with Crippen LogP contribution in [0.25, 0.3) is 22.4 Å². The van der Waals surface area contributed by atoms with Crippen LogP contribution in [0.4, 0.5) is 10.2 Å². The van der Waals surface area contributed by atoms with E-state index in [4.69, 9.17) is 20.1 Å². The van der Waals surface area contributed by atoms with E-state index in [-0.39, 0.29) is 11.6 Å². The van der Waals surface area contributed by atoms with Gasteiger partial charge >= 0.3 is 0 Å². The average Bonchev–Trinajstić information content (AvgIpc) is 3.31. The van der Waals surface area contributed by atoms with E-state index in [1.54, 1.807) is 16.9 Å². The van der Waals surface area contributed by atoms with E-state index in [0.29, 0.717) is 23.7 Å². The third-order valence-corrected chi connectivity index (χ3v) is 6.72. The number of nitrogens with zero attached hydrogens (tertiary/aromatic N) is 4. The molecule has 1 aliphatic heterocycles. The highest BCUT2D eigenvalue weighted by molar-refractivity contribution is 5.74. The van der Waals surface area contributed by atoms with Crippen LogP contribution in [0.1, 0.15) is 60.8 Å². The quantitative estimate of drug-likeness (QED) is 0.435. The van der Waals surface area contributed by atoms with Gasteiger partial charge in [-0.1, -0.05) is 11.6 Å². The molecule has 2 aliphatic rings. The minimum atomic E-state index is -0.475. The van der Waals surface area contributed by atoms with E-state index >= 15 is 0 Å². The standard InChI is InChI=1S/C25H24FN5O2/c1-13-19-10-17(26)6-7-18(19)23-16(12-31(2)29-23)9-20-22(24(30-33-20)14-4-3-5-14)15-8-21(32-13)25(27)28-11-15/h6-8,10-14H,3-5,9H2,1-2H3,(H2,27,28). The molecule has 2 N–H and O–H groups in total. The molecule has 1 fully saturated rings. The van der Waals surface area contributed by atoms with Crippen molar-refractivity contribution in [2.24, 2.45) is 7.05 Å². The molecule has 1 atom stereocenters. The second-order valence-electron chi connectivity index (χ2n) is 8.95. The molecule has 2 bridgehead atoms. The summed E-state index contributed by atoms with van der Waals surface area (Å²) in [5.41, 5.74) is 12.2. The van der Waals surface area contributed by atoms with Crippen LogP contribution in [0.2, 0.25) is 0 Å². The smallest absolute Gasteiger partial charge is 0.166 e. The van der Waals surface area contributed by atoms with Crippen molar-refractivity contribution in [3.05, 3.63) is 65.1 Å². The van der Waals surface area contributed by atoms with Crippen molar-refractivity contribution in [1.29, 1.82) is 0 Å². The molecule has 33 heavy (non-hydrogen) atoms. The number of pyridine rings is 1. The maximum absolute atomic E-state index is 14.3. The molecule has 1 saturated carbocycles. The monoisotopic (exact) mass is 445 g/mol. The van der Waals surface area contributed by atoms with Gasteiger partial charge in [0.25, 0.3) is 0 Å². The van der Waals surface area contributed by atoms with Gasteiger partial charge in [0.15, 0.2) is 11.6 Å². The Hall–Kier alpha value is -3.68. The van der Waals surface area contributed by atoms with Crippen molar-refractivity contribution in [1.82, 2.24) is 19.9 Å². The lowest BCUT2D eigenvalue weighted by atomic mass is 9.80. The molecule has 4 aromatic rings. The first-order valence-corrected chi connectivity index (χ1v) is 11.2. The summed E-state index contributed by atoms with van der Waals surface area (Å²) in [5.74, 6) is 1.52. The Kier molecular flexibility index (Phi) is 4.50. The van der Waals surface area contributed by atoms with E-state index < -0.39 is 6.10 Å². The number of aromatic nitrogens is 4. The average molecular weight is 445 g/mol. The minimum Gasteiger partial charge on any atom is -0.482 e. The Bertz CT molecular complexity index is 1370. The Morgan fingerprint density at radius 1 is 1.21 bits per heavy atom. The van der Waals surface area contributed by atoms with Crippen LogP contribution in [-0.4, -0.2) is 19.9 Å². The molecule has 6 rings (SSSR count). The van der Waals surface area contributed by atoms with E-state index in [0.717, 1.165) is 52.2 Å². The third-order valence-electron chi connectivity index (χ3n) is 6.72. The summed E-state index contributed by atoms with van der Waals surface area (Å²) in [7, 11) is 1.88. The zero-order chi connectivity index (χ0) is 22.7. The summed E-state index contributed by atoms with van der Waals surface area (Å²) >= 11 is 0. The summed E-state index contributed by atoms with van der Waals surface area (Å²) in [5, 5.41) is 9.20. The molecule has 1 aromatic carbocycles. The van der Waals surface area contributed by atoms with Gasteiger partial charge in [-0.25, -0.2) is 9.37 Å². The highest BCUT2D eigenvalue weighted by Crippen LogP contribution is 2.44. The summed E-state index contributed by atoms with van der Waals surface area (Å²) in [6.07, 6.45) is 7.13. The van der Waals surface area contributed by atoms with Crippen LogP contribution in [-0.2, 0) is 13.5 Å². The first kappa shape index (κ1) is 20.0. The fraction of sp³-hybridized carbons (Fsp3) is 0.320. The zero-order valence-electron chi connectivity index (χ0n) is 18.5. The number of hydrogen-bond acceptors (Lipinski definition) is 6. The number of rotatable bonds is 1. The largest absolute Gasteiger partial charge is 0.482 e. The SMILES string of the molecule is CC1Oc2cc(cnc2N)-c2c(C3CCC3)noc2Cc2cn(C)nc2-c2ccc(F)cc21. The molecule has 0 spiro atoms. The highest BCUT2D eigenvalue weighted by atomic mass is 19.1. The molecule has 7 nitrogen and oxygen atoms in total. The van der Waals surface area contributed by atoms with Gasteiger partial charge in [-0.15, -0.1) is 0 Å². The van der Waals surface area contributed by atoms with Gasteiger partial charge in [-0.3, -0.25) is 4.68 Å². The molecular weight excluding hydrogens is 421 g/mol. The molecule has 4 heterocycles. The number of anilines is 1. The molecule has 168 valence electrons. The molecular formula is C25H24FN5O2. The van der Waals surface area contributed by atoms with Crippen LogP contribution >= 0.6 is 0 Å². The second kappa shape index (κ2) is 7.43. The first-order valence-electron chi connectivity index (χ1n) is 11.2. The fourth-order valence-electron chi connectivity index (χ4n) is 4.82. The number of nitrogens with two attached hydrogens (primary N) is 1. The second-order valence-corrected chi connectivity index (χ2v) is 8.95. The Balaban J connectivity index is 1.62. The minimum absolute atomic E-state index is 0.280. The van der Waals surface area contributed by atoms with Gasteiger partial charge in [0, 0.05) is 54.0 Å². The van der Waals surface area contributed by atoms with Gasteiger partial charge in [0.2, 0.25) is 0 Å². The number of ether oxygens (including phenoxy) is 1. The fourth-order valence-corrected chi connectivity index (χ4v) is 4.82. The molecule has 3 aromatic heterocycles. The van der Waals surface area contributed by atoms with Crippen LogP contribution in [0.5, 0.6) is 5.75 Å². The van der Waals surface area contributed by atoms with E-state index in [9.17, 15) is 4.39 Å². The maximum atomic E-state index is 14.3. The number of fused-ring (bicyclic) bond motifs is 7. The van der Waals surface area contributed by atoms with Crippen LogP contribution in [0.3, 0.4) is 0 Å². The summed E-state index contributed by atoms with van der Waals surface area (Å²) in [6, 6.07) is 6.58. The van der Waals surface area contributed by atoms with E-state index in [1.807, 2.05) is 26.2 Å². The zero-order valence-corrected chi connectivity index (χ0v) is 18.5. The normalized spacial score (nSPS) is 17.6. The van der Waals surface area contributed by atoms with Gasteiger partial charge in [-0.05, 0) is 44.0 Å². The van der Waals surface area contributed by atoms with Gasteiger partial charge < -0.3 is 15.0 Å². The number of benzene rings is 1. The van der Waals surface area contributed by atoms with Crippen molar-refractivity contribution in [2.45, 2.75) is 44.6 Å². The first-order chi connectivity index (χ1) is 16.0. The van der Waals surface area contributed by atoms with Crippen molar-refractivity contribution in [3.8, 4) is 28.1 Å².